The first-order chi connectivity index (χ1) is 12.2. The second kappa shape index (κ2) is 8.17. The first kappa shape index (κ1) is 19.7. The molecule has 4 nitrogen and oxygen atoms in total. The maximum Gasteiger partial charge on any atom is 0.251 e. The number of amides is 2. The van der Waals surface area contributed by atoms with Crippen LogP contribution in [0.4, 0.5) is 0 Å². The zero-order chi connectivity index (χ0) is 19.3. The fraction of sp³-hybridized carbons (Fsp3) is 0.364. The molecule has 4 heteroatoms. The Hall–Kier alpha value is -2.62. The molecule has 26 heavy (non-hydrogen) atoms. The molecule has 0 aliphatic heterocycles. The number of hydrogen-bond donors (Lipinski definition) is 2. The van der Waals surface area contributed by atoms with Crippen LogP contribution in [0.2, 0.25) is 0 Å². The SMILES string of the molecule is Cc1ccc(CNC(=O)[C@H](C)NC(=O)c2ccc(C(C)(C)C)cc2)cc1. The van der Waals surface area contributed by atoms with Crippen molar-refractivity contribution >= 4 is 11.8 Å². The summed E-state index contributed by atoms with van der Waals surface area (Å²) >= 11 is 0. The van der Waals surface area contributed by atoms with Crippen molar-refractivity contribution in [3.63, 3.8) is 0 Å². The molecule has 2 rings (SSSR count). The Kier molecular flexibility index (Phi) is 6.19. The number of nitrogens with one attached hydrogen (secondary N) is 2. The predicted molar refractivity (Wildman–Crippen MR) is 105 cm³/mol. The fourth-order valence-corrected chi connectivity index (χ4v) is 2.52. The molecule has 0 aliphatic carbocycles. The molecule has 0 saturated heterocycles. The van der Waals surface area contributed by atoms with Gasteiger partial charge in [-0.25, -0.2) is 0 Å². The zero-order valence-corrected chi connectivity index (χ0v) is 16.2. The van der Waals surface area contributed by atoms with Crippen molar-refractivity contribution in [3.8, 4) is 0 Å². The van der Waals surface area contributed by atoms with Crippen LogP contribution in [0.25, 0.3) is 0 Å². The third-order valence-corrected chi connectivity index (χ3v) is 4.34. The van der Waals surface area contributed by atoms with E-state index in [1.165, 1.54) is 5.56 Å². The van der Waals surface area contributed by atoms with Crippen LogP contribution >= 0.6 is 0 Å². The van der Waals surface area contributed by atoms with Gasteiger partial charge < -0.3 is 10.6 Å². The summed E-state index contributed by atoms with van der Waals surface area (Å²) < 4.78 is 0. The van der Waals surface area contributed by atoms with Gasteiger partial charge in [0.1, 0.15) is 6.04 Å². The number of benzene rings is 2. The van der Waals surface area contributed by atoms with Gasteiger partial charge in [-0.15, -0.1) is 0 Å². The first-order valence-corrected chi connectivity index (χ1v) is 8.91. The van der Waals surface area contributed by atoms with Gasteiger partial charge in [0, 0.05) is 12.1 Å². The minimum atomic E-state index is -0.602. The van der Waals surface area contributed by atoms with Crippen molar-refractivity contribution in [3.05, 3.63) is 70.8 Å². The summed E-state index contributed by atoms with van der Waals surface area (Å²) in [4.78, 5) is 24.6. The minimum Gasteiger partial charge on any atom is -0.350 e. The lowest BCUT2D eigenvalue weighted by Gasteiger charge is -2.19. The average Bonchev–Trinajstić information content (AvgIpc) is 2.60. The Morgan fingerprint density at radius 2 is 1.54 bits per heavy atom. The largest absolute Gasteiger partial charge is 0.350 e. The van der Waals surface area contributed by atoms with E-state index in [-0.39, 0.29) is 17.2 Å². The Balaban J connectivity index is 1.89. The highest BCUT2D eigenvalue weighted by Gasteiger charge is 2.18. The maximum atomic E-state index is 12.3. The standard InChI is InChI=1S/C22H28N2O2/c1-15-6-8-17(9-7-15)14-23-20(25)16(2)24-21(26)18-10-12-19(13-11-18)22(3,4)5/h6-13,16H,14H2,1-5H3,(H,23,25)(H,24,26)/t16-/m0/s1. The first-order valence-electron chi connectivity index (χ1n) is 8.91. The van der Waals surface area contributed by atoms with Crippen molar-refractivity contribution in [2.24, 2.45) is 0 Å². The number of carbonyl (C=O) groups is 2. The number of carbonyl (C=O) groups excluding carboxylic acids is 2. The van der Waals surface area contributed by atoms with Crippen molar-refractivity contribution in [2.75, 3.05) is 0 Å². The van der Waals surface area contributed by atoms with Crippen LogP contribution in [0.1, 0.15) is 54.7 Å². The quantitative estimate of drug-likeness (QED) is 0.861. The van der Waals surface area contributed by atoms with Crippen molar-refractivity contribution in [2.45, 2.75) is 52.6 Å². The van der Waals surface area contributed by atoms with Crippen molar-refractivity contribution < 1.29 is 9.59 Å². The van der Waals surface area contributed by atoms with Crippen LogP contribution in [-0.2, 0) is 16.8 Å². The summed E-state index contributed by atoms with van der Waals surface area (Å²) in [6.07, 6.45) is 0. The van der Waals surface area contributed by atoms with Gasteiger partial charge >= 0.3 is 0 Å². The summed E-state index contributed by atoms with van der Waals surface area (Å²) in [6.45, 7) is 10.5. The molecule has 138 valence electrons. The van der Waals surface area contributed by atoms with Gasteiger partial charge in [-0.2, -0.15) is 0 Å². The molecular formula is C22H28N2O2. The second-order valence-electron chi connectivity index (χ2n) is 7.73. The van der Waals surface area contributed by atoms with E-state index in [1.54, 1.807) is 19.1 Å². The van der Waals surface area contributed by atoms with E-state index < -0.39 is 6.04 Å². The minimum absolute atomic E-state index is 0.0398. The van der Waals surface area contributed by atoms with E-state index >= 15 is 0 Å². The van der Waals surface area contributed by atoms with Crippen molar-refractivity contribution in [1.29, 1.82) is 0 Å². The van der Waals surface area contributed by atoms with Crippen LogP contribution in [0.5, 0.6) is 0 Å². The highest BCUT2D eigenvalue weighted by molar-refractivity contribution is 5.97. The molecule has 2 aromatic rings. The molecule has 2 aromatic carbocycles. The summed E-state index contributed by atoms with van der Waals surface area (Å²) in [5.74, 6) is -0.450. The number of aryl methyl sites for hydroxylation is 1. The molecule has 2 amide bonds. The summed E-state index contributed by atoms with van der Waals surface area (Å²) in [5, 5.41) is 5.60. The van der Waals surface area contributed by atoms with E-state index in [0.29, 0.717) is 12.1 Å². The topological polar surface area (TPSA) is 58.2 Å². The summed E-state index contributed by atoms with van der Waals surface area (Å²) in [6, 6.07) is 14.9. The lowest BCUT2D eigenvalue weighted by Crippen LogP contribution is -2.44. The second-order valence-corrected chi connectivity index (χ2v) is 7.73. The van der Waals surface area contributed by atoms with Gasteiger partial charge in [0.2, 0.25) is 5.91 Å². The van der Waals surface area contributed by atoms with E-state index in [4.69, 9.17) is 0 Å². The molecule has 0 spiro atoms. The number of rotatable bonds is 5. The number of hydrogen-bond acceptors (Lipinski definition) is 2. The van der Waals surface area contributed by atoms with Gasteiger partial charge in [0.15, 0.2) is 0 Å². The van der Waals surface area contributed by atoms with Gasteiger partial charge in [0.25, 0.3) is 5.91 Å². The van der Waals surface area contributed by atoms with Gasteiger partial charge in [0.05, 0.1) is 0 Å². The molecule has 0 aliphatic rings. The molecular weight excluding hydrogens is 324 g/mol. The molecule has 0 heterocycles. The average molecular weight is 352 g/mol. The van der Waals surface area contributed by atoms with Crippen molar-refractivity contribution in [1.82, 2.24) is 10.6 Å². The summed E-state index contributed by atoms with van der Waals surface area (Å²) in [7, 11) is 0. The normalized spacial score (nSPS) is 12.3. The fourth-order valence-electron chi connectivity index (χ4n) is 2.52. The molecule has 0 unspecified atom stereocenters. The zero-order valence-electron chi connectivity index (χ0n) is 16.2. The predicted octanol–water partition coefficient (Wildman–Crippen LogP) is 3.73. The van der Waals surface area contributed by atoms with Crippen LogP contribution in [0.3, 0.4) is 0 Å². The van der Waals surface area contributed by atoms with E-state index in [2.05, 4.69) is 31.4 Å². The smallest absolute Gasteiger partial charge is 0.251 e. The molecule has 0 fully saturated rings. The Bertz CT molecular complexity index is 756. The van der Waals surface area contributed by atoms with Crippen LogP contribution in [0.15, 0.2) is 48.5 Å². The molecule has 0 bridgehead atoms. The molecule has 0 saturated carbocycles. The highest BCUT2D eigenvalue weighted by atomic mass is 16.2. The highest BCUT2D eigenvalue weighted by Crippen LogP contribution is 2.22. The molecule has 1 atom stereocenters. The van der Waals surface area contributed by atoms with E-state index in [9.17, 15) is 9.59 Å². The monoisotopic (exact) mass is 352 g/mol. The third-order valence-electron chi connectivity index (χ3n) is 4.34. The Morgan fingerprint density at radius 1 is 0.962 bits per heavy atom. The van der Waals surface area contributed by atoms with Gasteiger partial charge in [-0.3, -0.25) is 9.59 Å². The Labute approximate surface area is 156 Å². The third kappa shape index (κ3) is 5.45. The van der Waals surface area contributed by atoms with E-state index in [1.807, 2.05) is 43.3 Å². The summed E-state index contributed by atoms with van der Waals surface area (Å²) in [5.41, 5.74) is 3.96. The molecule has 0 radical (unpaired) electrons. The Morgan fingerprint density at radius 3 is 2.08 bits per heavy atom. The van der Waals surface area contributed by atoms with E-state index in [0.717, 1.165) is 11.1 Å². The molecule has 0 aromatic heterocycles. The van der Waals surface area contributed by atoms with Gasteiger partial charge in [-0.05, 0) is 42.5 Å². The van der Waals surface area contributed by atoms with Gasteiger partial charge in [-0.1, -0.05) is 62.7 Å². The molecule has 2 N–H and O–H groups in total. The van der Waals surface area contributed by atoms with Crippen LogP contribution in [-0.4, -0.2) is 17.9 Å². The maximum absolute atomic E-state index is 12.3. The lowest BCUT2D eigenvalue weighted by atomic mass is 9.86. The van der Waals surface area contributed by atoms with Crippen LogP contribution in [0, 0.1) is 6.92 Å². The van der Waals surface area contributed by atoms with Crippen LogP contribution < -0.4 is 10.6 Å². The lowest BCUT2D eigenvalue weighted by molar-refractivity contribution is -0.122.